The molecule has 1 aromatic rings. The number of hydrogen-bond acceptors (Lipinski definition) is 4. The van der Waals surface area contributed by atoms with Gasteiger partial charge in [0.1, 0.15) is 6.29 Å². The largest absolute Gasteiger partial charge is 0.418 e. The molecule has 0 aliphatic rings. The Bertz CT molecular complexity index is 436. The Morgan fingerprint density at radius 1 is 1.44 bits per heavy atom. The monoisotopic (exact) mass is 263 g/mol. The van der Waals surface area contributed by atoms with Gasteiger partial charge in [-0.25, -0.2) is 0 Å². The smallest absolute Gasteiger partial charge is 0.380 e. The van der Waals surface area contributed by atoms with Gasteiger partial charge >= 0.3 is 6.18 Å². The molecule has 1 rings (SSSR count). The zero-order valence-electron chi connectivity index (χ0n) is 9.44. The van der Waals surface area contributed by atoms with Crippen molar-refractivity contribution in [3.05, 3.63) is 35.4 Å². The normalized spacial score (nSPS) is 17.0. The number of ether oxygens (including phenoxy) is 1. The summed E-state index contributed by atoms with van der Waals surface area (Å²) in [6.45, 7) is 0. The van der Waals surface area contributed by atoms with E-state index >= 15 is 0 Å². The lowest BCUT2D eigenvalue weighted by atomic mass is 9.95. The second-order valence-corrected chi connectivity index (χ2v) is 3.68. The average Bonchev–Trinajstić information content (AvgIpc) is 2.36. The number of rotatable bonds is 4. The maximum Gasteiger partial charge on any atom is 0.418 e. The van der Waals surface area contributed by atoms with E-state index in [0.29, 0.717) is 6.29 Å². The van der Waals surface area contributed by atoms with Crippen LogP contribution < -0.4 is 5.73 Å². The minimum Gasteiger partial charge on any atom is -0.380 e. The first-order chi connectivity index (χ1) is 8.25. The lowest BCUT2D eigenvalue weighted by Gasteiger charge is -2.34. The quantitative estimate of drug-likeness (QED) is 0.632. The lowest BCUT2D eigenvalue weighted by molar-refractivity contribution is -0.265. The first-order valence-corrected chi connectivity index (χ1v) is 4.90. The van der Waals surface area contributed by atoms with E-state index in [1.54, 1.807) is 0 Å². The van der Waals surface area contributed by atoms with Crippen LogP contribution >= 0.6 is 0 Å². The molecule has 0 bridgehead atoms. The van der Waals surface area contributed by atoms with Gasteiger partial charge in [-0.1, -0.05) is 18.2 Å². The van der Waals surface area contributed by atoms with Crippen LogP contribution in [0.15, 0.2) is 24.3 Å². The summed E-state index contributed by atoms with van der Waals surface area (Å²) in [5.74, 6) is 0. The third kappa shape index (κ3) is 2.69. The van der Waals surface area contributed by atoms with Crippen molar-refractivity contribution >= 4 is 6.29 Å². The maximum absolute atomic E-state index is 12.5. The fourth-order valence-corrected chi connectivity index (χ4v) is 1.49. The van der Waals surface area contributed by atoms with Crippen molar-refractivity contribution in [2.75, 3.05) is 7.11 Å². The van der Waals surface area contributed by atoms with Crippen molar-refractivity contribution in [1.82, 2.24) is 0 Å². The SMILES string of the molecule is CO[C@](N)(c1cccc(C=O)c1)[C@H](O)C(F)(F)F. The molecule has 1 aromatic carbocycles. The highest BCUT2D eigenvalue weighted by Crippen LogP contribution is 2.34. The first kappa shape index (κ1) is 14.6. The Kier molecular flexibility index (Phi) is 4.10. The van der Waals surface area contributed by atoms with Crippen molar-refractivity contribution in [3.63, 3.8) is 0 Å². The third-order valence-corrected chi connectivity index (χ3v) is 2.53. The summed E-state index contributed by atoms with van der Waals surface area (Å²) in [5, 5.41) is 9.26. The van der Waals surface area contributed by atoms with Crippen molar-refractivity contribution in [2.24, 2.45) is 5.73 Å². The van der Waals surface area contributed by atoms with Crippen LogP contribution in [-0.2, 0) is 10.5 Å². The second kappa shape index (κ2) is 5.05. The van der Waals surface area contributed by atoms with Crippen molar-refractivity contribution in [2.45, 2.75) is 18.0 Å². The van der Waals surface area contributed by atoms with E-state index in [0.717, 1.165) is 13.2 Å². The summed E-state index contributed by atoms with van der Waals surface area (Å²) in [5.41, 5.74) is 3.00. The number of alkyl halides is 3. The molecule has 0 spiro atoms. The number of carbonyl (C=O) groups is 1. The molecule has 0 saturated carbocycles. The van der Waals surface area contributed by atoms with Gasteiger partial charge in [0.25, 0.3) is 0 Å². The highest BCUT2D eigenvalue weighted by Gasteiger charge is 2.52. The molecule has 0 amide bonds. The minimum atomic E-state index is -4.94. The number of halogens is 3. The molecule has 18 heavy (non-hydrogen) atoms. The number of hydrogen-bond donors (Lipinski definition) is 2. The number of aliphatic hydroxyl groups excluding tert-OH is 1. The van der Waals surface area contributed by atoms with Crippen LogP contribution in [0.3, 0.4) is 0 Å². The van der Waals surface area contributed by atoms with Crippen molar-refractivity contribution in [3.8, 4) is 0 Å². The average molecular weight is 263 g/mol. The molecule has 4 nitrogen and oxygen atoms in total. The van der Waals surface area contributed by atoms with Crippen LogP contribution in [0.1, 0.15) is 15.9 Å². The zero-order chi connectivity index (χ0) is 14.0. The summed E-state index contributed by atoms with van der Waals surface area (Å²) in [6.07, 6.45) is -7.39. The fourth-order valence-electron chi connectivity index (χ4n) is 1.49. The highest BCUT2D eigenvalue weighted by molar-refractivity contribution is 5.75. The Morgan fingerprint density at radius 2 is 2.06 bits per heavy atom. The molecular formula is C11H12F3NO3. The highest BCUT2D eigenvalue weighted by atomic mass is 19.4. The zero-order valence-corrected chi connectivity index (χ0v) is 9.44. The van der Waals surface area contributed by atoms with Gasteiger partial charge in [0, 0.05) is 18.2 Å². The third-order valence-electron chi connectivity index (χ3n) is 2.53. The lowest BCUT2D eigenvalue weighted by Crippen LogP contribution is -2.56. The Hall–Kier alpha value is -1.44. The number of aldehydes is 1. The maximum atomic E-state index is 12.5. The second-order valence-electron chi connectivity index (χ2n) is 3.68. The molecule has 2 atom stereocenters. The van der Waals surface area contributed by atoms with Gasteiger partial charge in [0.05, 0.1) is 0 Å². The van der Waals surface area contributed by atoms with Gasteiger partial charge in [-0.15, -0.1) is 0 Å². The van der Waals surface area contributed by atoms with Gasteiger partial charge in [-0.2, -0.15) is 13.2 Å². The Labute approximate surface area is 101 Å². The summed E-state index contributed by atoms with van der Waals surface area (Å²) in [4.78, 5) is 10.6. The molecule has 7 heteroatoms. The van der Waals surface area contributed by atoms with E-state index in [4.69, 9.17) is 5.73 Å². The fraction of sp³-hybridized carbons (Fsp3) is 0.364. The molecule has 0 unspecified atom stereocenters. The van der Waals surface area contributed by atoms with E-state index in [9.17, 15) is 23.1 Å². The van der Waals surface area contributed by atoms with Crippen LogP contribution in [0.5, 0.6) is 0 Å². The van der Waals surface area contributed by atoms with E-state index < -0.39 is 18.0 Å². The van der Waals surface area contributed by atoms with Gasteiger partial charge in [0.15, 0.2) is 11.8 Å². The van der Waals surface area contributed by atoms with Crippen LogP contribution in [0.2, 0.25) is 0 Å². The Balaban J connectivity index is 3.25. The van der Waals surface area contributed by atoms with E-state index in [1.807, 2.05) is 0 Å². The first-order valence-electron chi connectivity index (χ1n) is 4.90. The van der Waals surface area contributed by atoms with Gasteiger partial charge < -0.3 is 9.84 Å². The molecule has 3 N–H and O–H groups in total. The predicted octanol–water partition coefficient (Wildman–Crippen LogP) is 1.18. The molecule has 0 aliphatic carbocycles. The predicted molar refractivity (Wildman–Crippen MR) is 56.8 cm³/mol. The van der Waals surface area contributed by atoms with E-state index in [2.05, 4.69) is 4.74 Å². The molecule has 0 saturated heterocycles. The molecule has 100 valence electrons. The number of methoxy groups -OCH3 is 1. The van der Waals surface area contributed by atoms with E-state index in [1.165, 1.54) is 18.2 Å². The van der Waals surface area contributed by atoms with Crippen molar-refractivity contribution < 1.29 is 27.8 Å². The molecule has 0 aromatic heterocycles. The van der Waals surface area contributed by atoms with Crippen LogP contribution in [0.25, 0.3) is 0 Å². The summed E-state index contributed by atoms with van der Waals surface area (Å²) in [7, 11) is 0.947. The van der Waals surface area contributed by atoms with Gasteiger partial charge in [-0.05, 0) is 6.07 Å². The van der Waals surface area contributed by atoms with Gasteiger partial charge in [-0.3, -0.25) is 10.5 Å². The van der Waals surface area contributed by atoms with Crippen LogP contribution in [0.4, 0.5) is 13.2 Å². The molecule has 0 heterocycles. The summed E-state index contributed by atoms with van der Waals surface area (Å²) < 4.78 is 42.2. The topological polar surface area (TPSA) is 72.5 Å². The standard InChI is InChI=1S/C11H12F3NO3/c1-18-10(15,9(17)11(12,13)14)8-4-2-3-7(5-8)6-16/h2-6,9,17H,15H2,1H3/t9-,10+/m0/s1. The van der Waals surface area contributed by atoms with E-state index in [-0.39, 0.29) is 11.1 Å². The van der Waals surface area contributed by atoms with Crippen LogP contribution in [0, 0.1) is 0 Å². The summed E-state index contributed by atoms with van der Waals surface area (Å²) in [6, 6.07) is 5.12. The van der Waals surface area contributed by atoms with Gasteiger partial charge in [0.2, 0.25) is 0 Å². The minimum absolute atomic E-state index is 0.133. The summed E-state index contributed by atoms with van der Waals surface area (Å²) >= 11 is 0. The molecule has 0 fully saturated rings. The molecular weight excluding hydrogens is 251 g/mol. The van der Waals surface area contributed by atoms with Crippen LogP contribution in [-0.4, -0.2) is 30.8 Å². The number of benzene rings is 1. The number of nitrogens with two attached hydrogens (primary N) is 1. The number of aliphatic hydroxyl groups is 1. The Morgan fingerprint density at radius 3 is 2.50 bits per heavy atom. The molecule has 0 radical (unpaired) electrons. The van der Waals surface area contributed by atoms with Crippen molar-refractivity contribution in [1.29, 1.82) is 0 Å². The number of carbonyl (C=O) groups excluding carboxylic acids is 1. The molecule has 0 aliphatic heterocycles.